The van der Waals surface area contributed by atoms with Crippen molar-refractivity contribution >= 4 is 0 Å². The lowest BCUT2D eigenvalue weighted by Gasteiger charge is -2.35. The van der Waals surface area contributed by atoms with Crippen molar-refractivity contribution in [3.05, 3.63) is 0 Å². The van der Waals surface area contributed by atoms with Crippen molar-refractivity contribution in [3.8, 4) is 0 Å². The molecule has 96 valence electrons. The summed E-state index contributed by atoms with van der Waals surface area (Å²) in [6.07, 6.45) is 0.463. The predicted molar refractivity (Wildman–Crippen MR) is 52.8 cm³/mol. The Hall–Kier alpha value is -0.330. The van der Waals surface area contributed by atoms with Crippen LogP contribution in [0.4, 0.5) is 13.2 Å². The fraction of sp³-hybridized carbons (Fsp3) is 1.00. The lowest BCUT2D eigenvalue weighted by Crippen LogP contribution is -2.43. The highest BCUT2D eigenvalue weighted by atomic mass is 19.4. The molecule has 1 aliphatic rings. The third-order valence-corrected chi connectivity index (χ3v) is 2.85. The Morgan fingerprint density at radius 3 is 2.25 bits per heavy atom. The molecule has 2 N–H and O–H groups in total. The number of rotatable bonds is 5. The maximum absolute atomic E-state index is 11.8. The van der Waals surface area contributed by atoms with E-state index in [1.54, 1.807) is 0 Å². The topological polar surface area (TPSA) is 44.5 Å². The normalized spacial score (nSPS) is 21.0. The number of halogens is 3. The van der Waals surface area contributed by atoms with Gasteiger partial charge in [0.25, 0.3) is 0 Å². The molecule has 0 aliphatic heterocycles. The van der Waals surface area contributed by atoms with Crippen LogP contribution >= 0.6 is 0 Å². The molecular weight excluding hydrogens is 223 g/mol. The third-order valence-electron chi connectivity index (χ3n) is 2.85. The predicted octanol–water partition coefficient (Wildman–Crippen LogP) is 2.20. The zero-order valence-electron chi connectivity index (χ0n) is 9.18. The van der Waals surface area contributed by atoms with Gasteiger partial charge in [0.15, 0.2) is 0 Å². The monoisotopic (exact) mass is 241 g/mol. The molecule has 0 spiro atoms. The lowest BCUT2D eigenvalue weighted by molar-refractivity contribution is -0.218. The largest absolute Gasteiger partial charge is 0.411 e. The van der Waals surface area contributed by atoms with Crippen LogP contribution in [-0.4, -0.2) is 31.7 Å². The molecule has 0 amide bonds. The standard InChI is InChI=1S/C10H18F3NO2/c11-10(12,13)7-15-8-16-9(6-14)4-2-1-3-5-9/h1-8,14H2. The van der Waals surface area contributed by atoms with Crippen LogP contribution in [0.5, 0.6) is 0 Å². The van der Waals surface area contributed by atoms with E-state index < -0.39 is 18.4 Å². The van der Waals surface area contributed by atoms with Crippen LogP contribution < -0.4 is 5.73 Å². The van der Waals surface area contributed by atoms with Crippen molar-refractivity contribution in [1.29, 1.82) is 0 Å². The highest BCUT2D eigenvalue weighted by Crippen LogP contribution is 2.30. The Morgan fingerprint density at radius 1 is 1.12 bits per heavy atom. The van der Waals surface area contributed by atoms with Crippen LogP contribution in [0.1, 0.15) is 32.1 Å². The van der Waals surface area contributed by atoms with E-state index in [-0.39, 0.29) is 6.79 Å². The summed E-state index contributed by atoms with van der Waals surface area (Å²) in [5, 5.41) is 0. The van der Waals surface area contributed by atoms with Gasteiger partial charge in [-0.1, -0.05) is 19.3 Å². The van der Waals surface area contributed by atoms with Gasteiger partial charge in [0.2, 0.25) is 0 Å². The number of alkyl halides is 3. The first-order valence-electron chi connectivity index (χ1n) is 5.46. The summed E-state index contributed by atoms with van der Waals surface area (Å²) >= 11 is 0. The first-order chi connectivity index (χ1) is 7.47. The maximum atomic E-state index is 11.8. The fourth-order valence-corrected chi connectivity index (χ4v) is 1.93. The second-order valence-electron chi connectivity index (χ2n) is 4.17. The molecule has 0 aromatic carbocycles. The van der Waals surface area contributed by atoms with Gasteiger partial charge >= 0.3 is 6.18 Å². The van der Waals surface area contributed by atoms with Crippen molar-refractivity contribution in [3.63, 3.8) is 0 Å². The molecule has 0 aromatic rings. The number of hydrogen-bond donors (Lipinski definition) is 1. The second kappa shape index (κ2) is 5.84. The van der Waals surface area contributed by atoms with Crippen LogP contribution in [0.3, 0.4) is 0 Å². The number of hydrogen-bond acceptors (Lipinski definition) is 3. The summed E-state index contributed by atoms with van der Waals surface area (Å²) in [4.78, 5) is 0. The summed E-state index contributed by atoms with van der Waals surface area (Å²) in [6.45, 7) is -1.27. The molecule has 6 heteroatoms. The van der Waals surface area contributed by atoms with E-state index >= 15 is 0 Å². The minimum atomic E-state index is -4.30. The molecule has 1 aliphatic carbocycles. The van der Waals surface area contributed by atoms with E-state index in [1.807, 2.05) is 0 Å². The first-order valence-corrected chi connectivity index (χ1v) is 5.46. The van der Waals surface area contributed by atoms with Crippen molar-refractivity contribution < 1.29 is 22.6 Å². The molecule has 0 bridgehead atoms. The van der Waals surface area contributed by atoms with Crippen LogP contribution in [0.25, 0.3) is 0 Å². The summed E-state index contributed by atoms with van der Waals surface area (Å²) in [5.41, 5.74) is 5.14. The minimum Gasteiger partial charge on any atom is -0.348 e. The average Bonchev–Trinajstić information content (AvgIpc) is 2.25. The van der Waals surface area contributed by atoms with Crippen molar-refractivity contribution in [2.24, 2.45) is 5.73 Å². The Balaban J connectivity index is 2.23. The molecule has 0 unspecified atom stereocenters. The van der Waals surface area contributed by atoms with Gasteiger partial charge in [0, 0.05) is 6.54 Å². The molecule has 0 atom stereocenters. The van der Waals surface area contributed by atoms with Crippen molar-refractivity contribution in [1.82, 2.24) is 0 Å². The van der Waals surface area contributed by atoms with Gasteiger partial charge in [-0.25, -0.2) is 0 Å². The molecule has 0 radical (unpaired) electrons. The summed E-state index contributed by atoms with van der Waals surface area (Å²) in [5.74, 6) is 0. The van der Waals surface area contributed by atoms with E-state index in [4.69, 9.17) is 10.5 Å². The van der Waals surface area contributed by atoms with Gasteiger partial charge in [-0.2, -0.15) is 13.2 Å². The van der Waals surface area contributed by atoms with Gasteiger partial charge in [-0.15, -0.1) is 0 Å². The van der Waals surface area contributed by atoms with E-state index in [1.165, 1.54) is 0 Å². The SMILES string of the molecule is NCC1(OCOCC(F)(F)F)CCCCC1. The smallest absolute Gasteiger partial charge is 0.348 e. The molecule has 0 saturated heterocycles. The van der Waals surface area contributed by atoms with Gasteiger partial charge in [0.1, 0.15) is 13.4 Å². The molecule has 0 heterocycles. The summed E-state index contributed by atoms with van der Waals surface area (Å²) in [6, 6.07) is 0. The van der Waals surface area contributed by atoms with E-state index in [2.05, 4.69) is 4.74 Å². The molecule has 16 heavy (non-hydrogen) atoms. The van der Waals surface area contributed by atoms with Crippen molar-refractivity contribution in [2.45, 2.75) is 43.9 Å². The van der Waals surface area contributed by atoms with Crippen LogP contribution in [0.2, 0.25) is 0 Å². The van der Waals surface area contributed by atoms with Crippen LogP contribution in [0, 0.1) is 0 Å². The van der Waals surface area contributed by atoms with E-state index in [9.17, 15) is 13.2 Å². The molecule has 1 saturated carbocycles. The molecular formula is C10H18F3NO2. The zero-order chi connectivity index (χ0) is 12.1. The highest BCUT2D eigenvalue weighted by molar-refractivity contribution is 4.84. The second-order valence-corrected chi connectivity index (χ2v) is 4.17. The van der Waals surface area contributed by atoms with Gasteiger partial charge in [0.05, 0.1) is 5.60 Å². The number of ether oxygens (including phenoxy) is 2. The molecule has 3 nitrogen and oxygen atoms in total. The molecule has 0 aromatic heterocycles. The highest BCUT2D eigenvalue weighted by Gasteiger charge is 2.32. The van der Waals surface area contributed by atoms with Crippen LogP contribution in [0.15, 0.2) is 0 Å². The fourth-order valence-electron chi connectivity index (χ4n) is 1.93. The average molecular weight is 241 g/mol. The Labute approximate surface area is 93.1 Å². The zero-order valence-corrected chi connectivity index (χ0v) is 9.18. The summed E-state index contributed by atoms with van der Waals surface area (Å²) in [7, 11) is 0. The van der Waals surface area contributed by atoms with E-state index in [0.29, 0.717) is 6.54 Å². The minimum absolute atomic E-state index is 0.336. The first kappa shape index (κ1) is 13.7. The maximum Gasteiger partial charge on any atom is 0.411 e. The number of nitrogens with two attached hydrogens (primary N) is 1. The summed E-state index contributed by atoms with van der Waals surface area (Å²) < 4.78 is 45.2. The molecule has 1 fully saturated rings. The Bertz CT molecular complexity index is 203. The quantitative estimate of drug-likeness (QED) is 0.593. The van der Waals surface area contributed by atoms with E-state index in [0.717, 1.165) is 32.1 Å². The van der Waals surface area contributed by atoms with Gasteiger partial charge in [-0.3, -0.25) is 0 Å². The third kappa shape index (κ3) is 4.67. The van der Waals surface area contributed by atoms with Crippen molar-refractivity contribution in [2.75, 3.05) is 19.9 Å². The molecule has 1 rings (SSSR count). The van der Waals surface area contributed by atoms with Gasteiger partial charge < -0.3 is 15.2 Å². The Morgan fingerprint density at radius 2 is 1.75 bits per heavy atom. The van der Waals surface area contributed by atoms with Gasteiger partial charge in [-0.05, 0) is 12.8 Å². The Kier molecular flexibility index (Phi) is 5.01. The van der Waals surface area contributed by atoms with Crippen LogP contribution in [-0.2, 0) is 9.47 Å². The lowest BCUT2D eigenvalue weighted by atomic mass is 9.85.